The first kappa shape index (κ1) is 19.1. The molecule has 2 aromatic heterocycles. The van der Waals surface area contributed by atoms with Gasteiger partial charge in [-0.2, -0.15) is 0 Å². The third kappa shape index (κ3) is 3.17. The highest BCUT2D eigenvalue weighted by Gasteiger charge is 2.36. The second kappa shape index (κ2) is 7.72. The number of pyridine rings is 1. The van der Waals surface area contributed by atoms with E-state index in [1.807, 2.05) is 77.7 Å². The average Bonchev–Trinajstić information content (AvgIpc) is 2.80. The van der Waals surface area contributed by atoms with Crippen LogP contribution in [0.5, 0.6) is 0 Å². The Balaban J connectivity index is 1.83. The number of esters is 1. The predicted octanol–water partition coefficient (Wildman–Crippen LogP) is 4.51. The fourth-order valence-corrected chi connectivity index (χ4v) is 4.26. The van der Waals surface area contributed by atoms with E-state index in [0.717, 1.165) is 16.8 Å². The van der Waals surface area contributed by atoms with Crippen molar-refractivity contribution >= 4 is 23.1 Å². The van der Waals surface area contributed by atoms with E-state index in [1.165, 1.54) is 0 Å². The van der Waals surface area contributed by atoms with Crippen molar-refractivity contribution in [2.45, 2.75) is 19.4 Å². The van der Waals surface area contributed by atoms with Crippen LogP contribution >= 0.6 is 0 Å². The van der Waals surface area contributed by atoms with Crippen molar-refractivity contribution in [3.8, 4) is 11.1 Å². The number of carbonyl (C=O) groups excluding carboxylic acids is 1. The van der Waals surface area contributed by atoms with Crippen molar-refractivity contribution in [1.82, 2.24) is 9.38 Å². The molecule has 0 saturated heterocycles. The van der Waals surface area contributed by atoms with Crippen molar-refractivity contribution < 1.29 is 9.53 Å². The monoisotopic (exact) mass is 411 g/mol. The molecule has 0 N–H and O–H groups in total. The maximum absolute atomic E-state index is 13.5. The Labute approximate surface area is 179 Å². The van der Waals surface area contributed by atoms with Crippen LogP contribution in [0.3, 0.4) is 0 Å². The number of nitrogens with zero attached hydrogens (tertiary/aromatic N) is 3. The minimum atomic E-state index is -0.344. The largest absolute Gasteiger partial charge is 0.466 e. The van der Waals surface area contributed by atoms with Gasteiger partial charge in [0.05, 0.1) is 24.6 Å². The summed E-state index contributed by atoms with van der Waals surface area (Å²) in [6.45, 7) is 2.12. The number of hydrogen-bond acceptors (Lipinski definition) is 5. The predicted molar refractivity (Wildman–Crippen MR) is 119 cm³/mol. The topological polar surface area (TPSA) is 63.9 Å². The van der Waals surface area contributed by atoms with Crippen molar-refractivity contribution in [3.05, 3.63) is 94.9 Å². The first-order chi connectivity index (χ1) is 15.2. The summed E-state index contributed by atoms with van der Waals surface area (Å²) in [4.78, 5) is 33.0. The van der Waals surface area contributed by atoms with Crippen LogP contribution in [0.25, 0.3) is 16.8 Å². The molecule has 0 radical (unpaired) electrons. The Morgan fingerprint density at radius 3 is 2.55 bits per heavy atom. The van der Waals surface area contributed by atoms with Crippen LogP contribution in [0.1, 0.15) is 24.9 Å². The lowest BCUT2D eigenvalue weighted by molar-refractivity contribution is -0.143. The molecule has 31 heavy (non-hydrogen) atoms. The van der Waals surface area contributed by atoms with E-state index in [0.29, 0.717) is 23.6 Å². The van der Waals surface area contributed by atoms with E-state index in [2.05, 4.69) is 0 Å². The Bertz CT molecular complexity index is 1330. The lowest BCUT2D eigenvalue weighted by atomic mass is 9.88. The summed E-state index contributed by atoms with van der Waals surface area (Å²) < 4.78 is 6.83. The van der Waals surface area contributed by atoms with Gasteiger partial charge in [0.2, 0.25) is 0 Å². The molecule has 0 aliphatic carbocycles. The summed E-state index contributed by atoms with van der Waals surface area (Å²) in [6, 6.07) is 22.6. The number of aromatic nitrogens is 2. The molecule has 0 spiro atoms. The zero-order chi connectivity index (χ0) is 21.4. The highest BCUT2D eigenvalue weighted by molar-refractivity contribution is 5.88. The van der Waals surface area contributed by atoms with E-state index in [-0.39, 0.29) is 24.0 Å². The molecule has 1 aliphatic heterocycles. The van der Waals surface area contributed by atoms with E-state index < -0.39 is 0 Å². The molecule has 0 amide bonds. The second-order valence-corrected chi connectivity index (χ2v) is 7.36. The van der Waals surface area contributed by atoms with E-state index in [4.69, 9.17) is 9.72 Å². The molecule has 5 rings (SSSR count). The van der Waals surface area contributed by atoms with Gasteiger partial charge >= 0.3 is 5.97 Å². The zero-order valence-electron chi connectivity index (χ0n) is 17.1. The maximum atomic E-state index is 13.5. The molecule has 4 aromatic rings. The molecule has 1 atom stereocenters. The summed E-state index contributed by atoms with van der Waals surface area (Å²) in [5, 5.41) is 0. The van der Waals surface area contributed by atoms with Gasteiger partial charge in [0.1, 0.15) is 11.5 Å². The van der Waals surface area contributed by atoms with Gasteiger partial charge in [-0.1, -0.05) is 48.5 Å². The van der Waals surface area contributed by atoms with Crippen LogP contribution in [-0.2, 0) is 9.53 Å². The van der Waals surface area contributed by atoms with Gasteiger partial charge in [-0.3, -0.25) is 14.0 Å². The molecule has 6 nitrogen and oxygen atoms in total. The van der Waals surface area contributed by atoms with Crippen LogP contribution in [-0.4, -0.2) is 22.0 Å². The zero-order valence-corrected chi connectivity index (χ0v) is 17.1. The molecule has 0 fully saturated rings. The molecule has 1 aliphatic rings. The van der Waals surface area contributed by atoms with Crippen LogP contribution in [0.15, 0.2) is 83.8 Å². The summed E-state index contributed by atoms with van der Waals surface area (Å²) in [7, 11) is 0. The summed E-state index contributed by atoms with van der Waals surface area (Å²) in [5.41, 5.74) is 3.52. The molecular formula is C25H21N3O3. The van der Waals surface area contributed by atoms with Crippen LogP contribution in [0.4, 0.5) is 11.5 Å². The molecule has 0 bridgehead atoms. The number of ether oxygens (including phenoxy) is 1. The van der Waals surface area contributed by atoms with Crippen molar-refractivity contribution in [3.63, 3.8) is 0 Å². The fourth-order valence-electron chi connectivity index (χ4n) is 4.26. The minimum Gasteiger partial charge on any atom is -0.466 e. The van der Waals surface area contributed by atoms with E-state index in [1.54, 1.807) is 17.5 Å². The Hall–Kier alpha value is -3.93. The van der Waals surface area contributed by atoms with Gasteiger partial charge in [0.15, 0.2) is 0 Å². The van der Waals surface area contributed by atoms with Gasteiger partial charge in [-0.25, -0.2) is 4.98 Å². The molecule has 3 heterocycles. The number of anilines is 2. The summed E-state index contributed by atoms with van der Waals surface area (Å²) in [6.07, 6.45) is 1.88. The molecular weight excluding hydrogens is 390 g/mol. The number of carbonyl (C=O) groups is 1. The van der Waals surface area contributed by atoms with Gasteiger partial charge in [0.25, 0.3) is 5.56 Å². The number of rotatable bonds is 4. The summed E-state index contributed by atoms with van der Waals surface area (Å²) >= 11 is 0. The van der Waals surface area contributed by atoms with Crippen LogP contribution in [0.2, 0.25) is 0 Å². The highest BCUT2D eigenvalue weighted by Crippen LogP contribution is 2.47. The standard InChI is InChI=1S/C25H21N3O3/c1-2-31-22(29)16-20-18-12-6-7-13-19(18)23-24(28(20)17-10-4-3-5-11-17)26-21-14-8-9-15-27(21)25(23)30/h3-15,20H,2,16H2,1H3. The highest BCUT2D eigenvalue weighted by atomic mass is 16.5. The van der Waals surface area contributed by atoms with Gasteiger partial charge in [-0.05, 0) is 42.3 Å². The van der Waals surface area contributed by atoms with Crippen LogP contribution in [0, 0.1) is 0 Å². The van der Waals surface area contributed by atoms with E-state index in [9.17, 15) is 9.59 Å². The number of hydrogen-bond donors (Lipinski definition) is 0. The lowest BCUT2D eigenvalue weighted by Gasteiger charge is -2.38. The Morgan fingerprint density at radius 2 is 1.74 bits per heavy atom. The molecule has 0 saturated carbocycles. The lowest BCUT2D eigenvalue weighted by Crippen LogP contribution is -2.34. The van der Waals surface area contributed by atoms with Gasteiger partial charge in [-0.15, -0.1) is 0 Å². The number of benzene rings is 2. The molecule has 154 valence electrons. The Kier molecular flexibility index (Phi) is 4.75. The van der Waals surface area contributed by atoms with Crippen molar-refractivity contribution in [2.75, 3.05) is 11.5 Å². The van der Waals surface area contributed by atoms with Crippen molar-refractivity contribution in [2.24, 2.45) is 0 Å². The fraction of sp³-hybridized carbons (Fsp3) is 0.160. The normalized spacial score (nSPS) is 14.7. The quantitative estimate of drug-likeness (QED) is 0.463. The minimum absolute atomic E-state index is 0.136. The first-order valence-corrected chi connectivity index (χ1v) is 10.3. The van der Waals surface area contributed by atoms with Gasteiger partial charge < -0.3 is 9.64 Å². The smallest absolute Gasteiger partial charge is 0.308 e. The van der Waals surface area contributed by atoms with E-state index >= 15 is 0 Å². The Morgan fingerprint density at radius 1 is 1.00 bits per heavy atom. The summed E-state index contributed by atoms with van der Waals surface area (Å²) in [5.74, 6) is 0.264. The third-order valence-electron chi connectivity index (χ3n) is 5.54. The maximum Gasteiger partial charge on any atom is 0.308 e. The first-order valence-electron chi connectivity index (χ1n) is 10.3. The van der Waals surface area contributed by atoms with Crippen molar-refractivity contribution in [1.29, 1.82) is 0 Å². The molecule has 2 aromatic carbocycles. The SMILES string of the molecule is CCOC(=O)CC1c2ccccc2-c2c(nc3ccccn3c2=O)N1c1ccccc1. The average molecular weight is 411 g/mol. The van der Waals surface area contributed by atoms with Gasteiger partial charge in [0, 0.05) is 11.9 Å². The molecule has 1 unspecified atom stereocenters. The number of para-hydroxylation sites is 1. The molecule has 6 heteroatoms. The second-order valence-electron chi connectivity index (χ2n) is 7.36. The number of fused-ring (bicyclic) bond motifs is 4. The van der Waals surface area contributed by atoms with Crippen LogP contribution < -0.4 is 10.5 Å². The third-order valence-corrected chi connectivity index (χ3v) is 5.54.